The minimum atomic E-state index is -1.49. The summed E-state index contributed by atoms with van der Waals surface area (Å²) >= 11 is 0. The molecule has 4 nitrogen and oxygen atoms in total. The largest absolute Gasteiger partial charge is 1.00 e. The first-order chi connectivity index (χ1) is 6.49. The Morgan fingerprint density at radius 1 is 1.00 bits per heavy atom. The fourth-order valence-corrected chi connectivity index (χ4v) is 0.751. The van der Waals surface area contributed by atoms with E-state index >= 15 is 0 Å². The van der Waals surface area contributed by atoms with E-state index < -0.39 is 22.6 Å². The van der Waals surface area contributed by atoms with Crippen molar-refractivity contribution in [1.82, 2.24) is 0 Å². The zero-order chi connectivity index (χ0) is 12.4. The molecule has 0 radical (unpaired) electrons. The molecule has 16 heavy (non-hydrogen) atoms. The van der Waals surface area contributed by atoms with Gasteiger partial charge in [0.05, 0.1) is 6.42 Å². The first-order valence-electron chi connectivity index (χ1n) is 4.79. The number of hydrogen-bond acceptors (Lipinski definition) is 3. The molecule has 0 fully saturated rings. The number of carboxylic acid groups (broad SMARTS) is 1. The Kier molecular flexibility index (Phi) is 7.73. The number of carboxylic acids is 1. The van der Waals surface area contributed by atoms with Crippen LogP contribution in [0.3, 0.4) is 0 Å². The number of hydrogen-bond donors (Lipinski definition) is 1. The van der Waals surface area contributed by atoms with Gasteiger partial charge in [-0.3, -0.25) is 14.4 Å². The van der Waals surface area contributed by atoms with Gasteiger partial charge in [0, 0.05) is 5.41 Å². The summed E-state index contributed by atoms with van der Waals surface area (Å²) < 4.78 is 0. The third kappa shape index (κ3) is 5.30. The number of rotatable bonds is 4. The number of carbonyl (C=O) groups is 3. The van der Waals surface area contributed by atoms with Gasteiger partial charge in [0.15, 0.2) is 5.78 Å². The molecule has 0 rings (SSSR count). The maximum absolute atomic E-state index is 11.6. The number of carbonyl (C=O) groups excluding carboxylic acids is 2. The normalized spacial score (nSPS) is 11.6. The minimum Gasteiger partial charge on any atom is -1.00 e. The van der Waals surface area contributed by atoms with Crippen LogP contribution in [0.1, 0.15) is 42.5 Å². The SMILES string of the molecule is CC(C)(C)C(=O)CC(=O)C(C)(C)C(=O)O.[H-].[Rb+]. The molecule has 0 amide bonds. The van der Waals surface area contributed by atoms with Crippen molar-refractivity contribution in [2.24, 2.45) is 10.8 Å². The van der Waals surface area contributed by atoms with Crippen LogP contribution >= 0.6 is 0 Å². The number of Topliss-reactive ketones (excluding diaryl/α,β-unsaturated/α-hetero) is 2. The molecular formula is C11H19O4Rb. The molecule has 0 spiro atoms. The maximum Gasteiger partial charge on any atom is 1.00 e. The molecule has 0 aromatic carbocycles. The summed E-state index contributed by atoms with van der Waals surface area (Å²) in [6, 6.07) is 0. The fraction of sp³-hybridized carbons (Fsp3) is 0.727. The second-order valence-electron chi connectivity index (χ2n) is 5.20. The predicted molar refractivity (Wildman–Crippen MR) is 56.6 cm³/mol. The number of ketones is 2. The molecule has 1 N–H and O–H groups in total. The van der Waals surface area contributed by atoms with Gasteiger partial charge in [0.2, 0.25) is 0 Å². The molecule has 88 valence electrons. The van der Waals surface area contributed by atoms with E-state index in [4.69, 9.17) is 5.11 Å². The molecule has 5 heteroatoms. The number of aliphatic carboxylic acids is 1. The van der Waals surface area contributed by atoms with Gasteiger partial charge in [-0.2, -0.15) is 0 Å². The summed E-state index contributed by atoms with van der Waals surface area (Å²) in [5, 5.41) is 8.80. The zero-order valence-corrected chi connectivity index (χ0v) is 15.8. The molecule has 0 bridgehead atoms. The monoisotopic (exact) mass is 300 g/mol. The van der Waals surface area contributed by atoms with E-state index in [0.717, 1.165) is 0 Å². The van der Waals surface area contributed by atoms with Gasteiger partial charge < -0.3 is 6.53 Å². The Labute approximate surface area is 146 Å². The van der Waals surface area contributed by atoms with Crippen LogP contribution in [0, 0.1) is 10.8 Å². The molecule has 0 aliphatic heterocycles. The van der Waals surface area contributed by atoms with E-state index in [1.807, 2.05) is 0 Å². The van der Waals surface area contributed by atoms with Crippen LogP contribution in [0.15, 0.2) is 0 Å². The van der Waals surface area contributed by atoms with Crippen molar-refractivity contribution in [3.05, 3.63) is 0 Å². The van der Waals surface area contributed by atoms with E-state index in [9.17, 15) is 14.4 Å². The molecule has 0 heterocycles. The average molecular weight is 301 g/mol. The van der Waals surface area contributed by atoms with Crippen LogP contribution < -0.4 is 58.2 Å². The van der Waals surface area contributed by atoms with E-state index in [1.165, 1.54) is 13.8 Å². The Morgan fingerprint density at radius 2 is 1.38 bits per heavy atom. The van der Waals surface area contributed by atoms with Crippen LogP contribution in [0.4, 0.5) is 0 Å². The van der Waals surface area contributed by atoms with Crippen LogP contribution in [-0.2, 0) is 14.4 Å². The van der Waals surface area contributed by atoms with Gasteiger partial charge in [0.1, 0.15) is 11.2 Å². The van der Waals surface area contributed by atoms with Gasteiger partial charge in [-0.05, 0) is 13.8 Å². The topological polar surface area (TPSA) is 71.4 Å². The second kappa shape index (κ2) is 6.52. The van der Waals surface area contributed by atoms with Crippen LogP contribution in [0.2, 0.25) is 0 Å². The molecule has 0 atom stereocenters. The maximum atomic E-state index is 11.6. The van der Waals surface area contributed by atoms with Crippen LogP contribution in [0.5, 0.6) is 0 Å². The van der Waals surface area contributed by atoms with E-state index in [2.05, 4.69) is 0 Å². The molecule has 0 aliphatic carbocycles. The summed E-state index contributed by atoms with van der Waals surface area (Å²) in [5.74, 6) is -1.98. The average Bonchev–Trinajstić information content (AvgIpc) is 2.01. The first-order valence-corrected chi connectivity index (χ1v) is 4.79. The zero-order valence-electron chi connectivity index (χ0n) is 11.9. The van der Waals surface area contributed by atoms with Gasteiger partial charge in [0.25, 0.3) is 0 Å². The standard InChI is InChI=1S/C11H18O4.Rb.H/c1-10(2,3)7(12)6-8(13)11(4,5)9(14)15;;/h6H2,1-5H3,(H,14,15);;/q;+1;-1. The van der Waals surface area contributed by atoms with Gasteiger partial charge in [-0.1, -0.05) is 20.8 Å². The molecule has 0 aliphatic rings. The van der Waals surface area contributed by atoms with Crippen LogP contribution in [0.25, 0.3) is 0 Å². The van der Waals surface area contributed by atoms with Gasteiger partial charge >= 0.3 is 64.2 Å². The molecule has 0 saturated carbocycles. The van der Waals surface area contributed by atoms with Gasteiger partial charge in [-0.15, -0.1) is 0 Å². The van der Waals surface area contributed by atoms with Gasteiger partial charge in [-0.25, -0.2) is 0 Å². The second-order valence-corrected chi connectivity index (χ2v) is 5.20. The van der Waals surface area contributed by atoms with Crippen molar-refractivity contribution in [3.63, 3.8) is 0 Å². The smallest absolute Gasteiger partial charge is 1.00 e. The molecule has 0 saturated heterocycles. The van der Waals surface area contributed by atoms with Crippen LogP contribution in [-0.4, -0.2) is 22.6 Å². The Hall–Kier alpha value is 0.615. The van der Waals surface area contributed by atoms with Crippen molar-refractivity contribution in [1.29, 1.82) is 0 Å². The molecule has 0 aromatic heterocycles. The minimum absolute atomic E-state index is 0. The van der Waals surface area contributed by atoms with Crippen molar-refractivity contribution in [2.75, 3.05) is 0 Å². The van der Waals surface area contributed by atoms with Crippen molar-refractivity contribution in [2.45, 2.75) is 41.0 Å². The summed E-state index contributed by atoms with van der Waals surface area (Å²) in [5.41, 5.74) is -2.09. The summed E-state index contributed by atoms with van der Waals surface area (Å²) in [6.45, 7) is 7.74. The fourth-order valence-electron chi connectivity index (χ4n) is 0.751. The van der Waals surface area contributed by atoms with E-state index in [-0.39, 0.29) is 71.8 Å². The Bertz CT molecular complexity index is 305. The van der Waals surface area contributed by atoms with Crippen molar-refractivity contribution in [3.8, 4) is 0 Å². The van der Waals surface area contributed by atoms with E-state index in [1.54, 1.807) is 20.8 Å². The van der Waals surface area contributed by atoms with E-state index in [0.29, 0.717) is 0 Å². The Balaban J connectivity index is -0.000000980. The quantitative estimate of drug-likeness (QED) is 0.661. The summed E-state index contributed by atoms with van der Waals surface area (Å²) in [6.07, 6.45) is -0.317. The third-order valence-electron chi connectivity index (χ3n) is 2.39. The molecule has 0 unspecified atom stereocenters. The summed E-state index contributed by atoms with van der Waals surface area (Å²) in [7, 11) is 0. The third-order valence-corrected chi connectivity index (χ3v) is 2.39. The molecule has 0 aromatic rings. The summed E-state index contributed by atoms with van der Waals surface area (Å²) in [4.78, 5) is 33.9. The molecular weight excluding hydrogens is 282 g/mol. The Morgan fingerprint density at radius 3 is 1.62 bits per heavy atom. The predicted octanol–water partition coefficient (Wildman–Crippen LogP) is -1.21. The van der Waals surface area contributed by atoms with Crippen molar-refractivity contribution >= 4 is 17.5 Å². The first kappa shape index (κ1) is 19.0. The van der Waals surface area contributed by atoms with Crippen molar-refractivity contribution < 1.29 is 79.1 Å².